The largest absolute Gasteiger partial charge is 0.462 e. The van der Waals surface area contributed by atoms with Gasteiger partial charge in [-0.1, -0.05) is 216 Å². The van der Waals surface area contributed by atoms with Gasteiger partial charge < -0.3 is 14.2 Å². The molecule has 0 saturated carbocycles. The molecule has 358 valence electrons. The van der Waals surface area contributed by atoms with Gasteiger partial charge in [0.1, 0.15) is 13.2 Å². The molecule has 6 nitrogen and oxygen atoms in total. The minimum absolute atomic E-state index is 0.0855. The Morgan fingerprint density at radius 3 is 1.00 bits per heavy atom. The molecular formula is C56H98O6. The molecular weight excluding hydrogens is 769 g/mol. The second kappa shape index (κ2) is 50.8. The van der Waals surface area contributed by atoms with Crippen LogP contribution < -0.4 is 0 Å². The van der Waals surface area contributed by atoms with Crippen molar-refractivity contribution in [3.8, 4) is 0 Å². The van der Waals surface area contributed by atoms with Crippen LogP contribution in [0, 0.1) is 0 Å². The topological polar surface area (TPSA) is 78.9 Å². The predicted molar refractivity (Wildman–Crippen MR) is 265 cm³/mol. The van der Waals surface area contributed by atoms with Gasteiger partial charge in [0.05, 0.1) is 0 Å². The Hall–Kier alpha value is -2.89. The zero-order valence-corrected chi connectivity index (χ0v) is 40.9. The minimum atomic E-state index is -0.784. The third-order valence-corrected chi connectivity index (χ3v) is 11.3. The molecule has 0 radical (unpaired) electrons. The Morgan fingerprint density at radius 2 is 0.629 bits per heavy atom. The van der Waals surface area contributed by atoms with Gasteiger partial charge in [0.2, 0.25) is 0 Å². The predicted octanol–water partition coefficient (Wildman–Crippen LogP) is 17.3. The first-order valence-corrected chi connectivity index (χ1v) is 26.3. The van der Waals surface area contributed by atoms with Crippen molar-refractivity contribution in [1.29, 1.82) is 0 Å². The van der Waals surface area contributed by atoms with E-state index in [2.05, 4.69) is 81.5 Å². The molecule has 6 heteroatoms. The Balaban J connectivity index is 4.11. The average Bonchev–Trinajstić information content (AvgIpc) is 3.27. The highest BCUT2D eigenvalue weighted by Gasteiger charge is 2.19. The molecule has 0 spiro atoms. The number of carbonyl (C=O) groups is 3. The van der Waals surface area contributed by atoms with Crippen molar-refractivity contribution in [2.45, 2.75) is 264 Å². The van der Waals surface area contributed by atoms with E-state index in [-0.39, 0.29) is 31.1 Å². The second-order valence-electron chi connectivity index (χ2n) is 17.4. The molecule has 0 aromatic rings. The Kier molecular flexibility index (Phi) is 48.4. The maximum Gasteiger partial charge on any atom is 0.306 e. The standard InChI is InChI=1S/C56H98O6/c1-4-7-10-13-16-18-20-22-23-24-25-26-27-28-29-30-31-32-33-35-36-38-40-43-46-49-55(58)61-52-53(51-60-54(57)48-45-42-15-12-9-6-3)62-56(59)50-47-44-41-39-37-34-21-19-17-14-11-8-5-2/h8,11,17,19-20,22,24-25,34,37,53H,4-7,9-10,12-16,18,21,23,26-33,35-36,38-52H2,1-3H3/b11-8-,19-17-,22-20-,25-24-,37-34-. The molecule has 0 aliphatic carbocycles. The monoisotopic (exact) mass is 867 g/mol. The van der Waals surface area contributed by atoms with E-state index in [0.717, 1.165) is 89.9 Å². The van der Waals surface area contributed by atoms with Gasteiger partial charge in [-0.15, -0.1) is 0 Å². The van der Waals surface area contributed by atoms with Crippen LogP contribution in [0.1, 0.15) is 258 Å². The van der Waals surface area contributed by atoms with Gasteiger partial charge in [0, 0.05) is 19.3 Å². The highest BCUT2D eigenvalue weighted by atomic mass is 16.6. The van der Waals surface area contributed by atoms with Gasteiger partial charge in [-0.05, 0) is 83.5 Å². The van der Waals surface area contributed by atoms with E-state index < -0.39 is 6.10 Å². The summed E-state index contributed by atoms with van der Waals surface area (Å²) in [5.74, 6) is -0.923. The van der Waals surface area contributed by atoms with Gasteiger partial charge in [0.25, 0.3) is 0 Å². The lowest BCUT2D eigenvalue weighted by Gasteiger charge is -2.18. The SMILES string of the molecule is CC/C=C\C/C=C\C/C=C\CCCCCC(=O)OC(COC(=O)CCCCCCCC)COC(=O)CCCCCCCCCCCCCCC/C=C\C/C=C\CCCCCCC. The quantitative estimate of drug-likeness (QED) is 0.0262. The van der Waals surface area contributed by atoms with Crippen molar-refractivity contribution in [1.82, 2.24) is 0 Å². The lowest BCUT2D eigenvalue weighted by molar-refractivity contribution is -0.167. The first-order chi connectivity index (χ1) is 30.5. The number of hydrogen-bond donors (Lipinski definition) is 0. The minimum Gasteiger partial charge on any atom is -0.462 e. The normalized spacial score (nSPS) is 12.5. The molecule has 0 aliphatic heterocycles. The average molecular weight is 867 g/mol. The van der Waals surface area contributed by atoms with Crippen molar-refractivity contribution >= 4 is 17.9 Å². The summed E-state index contributed by atoms with van der Waals surface area (Å²) in [6, 6.07) is 0. The molecule has 0 aromatic carbocycles. The lowest BCUT2D eigenvalue weighted by atomic mass is 10.0. The summed E-state index contributed by atoms with van der Waals surface area (Å²) in [4.78, 5) is 37.7. The van der Waals surface area contributed by atoms with Gasteiger partial charge in [-0.2, -0.15) is 0 Å². The first kappa shape index (κ1) is 59.1. The van der Waals surface area contributed by atoms with Gasteiger partial charge in [-0.25, -0.2) is 0 Å². The zero-order chi connectivity index (χ0) is 45.1. The summed E-state index contributed by atoms with van der Waals surface area (Å²) >= 11 is 0. The molecule has 1 unspecified atom stereocenters. The van der Waals surface area contributed by atoms with E-state index in [1.54, 1.807) is 0 Å². The molecule has 0 aromatic heterocycles. The zero-order valence-electron chi connectivity index (χ0n) is 40.9. The molecule has 0 rings (SSSR count). The summed E-state index contributed by atoms with van der Waals surface area (Å²) in [6.07, 6.45) is 62.5. The van der Waals surface area contributed by atoms with Crippen LogP contribution in [0.2, 0.25) is 0 Å². The van der Waals surface area contributed by atoms with Gasteiger partial charge in [0.15, 0.2) is 6.10 Å². The third-order valence-electron chi connectivity index (χ3n) is 11.3. The van der Waals surface area contributed by atoms with Crippen LogP contribution in [0.4, 0.5) is 0 Å². The Morgan fingerprint density at radius 1 is 0.339 bits per heavy atom. The smallest absolute Gasteiger partial charge is 0.306 e. The maximum atomic E-state index is 12.7. The molecule has 1 atom stereocenters. The summed E-state index contributed by atoms with van der Waals surface area (Å²) in [6.45, 7) is 6.43. The fraction of sp³-hybridized carbons (Fsp3) is 0.768. The fourth-order valence-electron chi connectivity index (χ4n) is 7.31. The van der Waals surface area contributed by atoms with E-state index in [9.17, 15) is 14.4 Å². The molecule has 0 N–H and O–H groups in total. The van der Waals surface area contributed by atoms with E-state index in [1.165, 1.54) is 128 Å². The number of esters is 3. The second-order valence-corrected chi connectivity index (χ2v) is 17.4. The maximum absolute atomic E-state index is 12.7. The molecule has 0 aliphatic rings. The number of unbranched alkanes of at least 4 members (excludes halogenated alkanes) is 26. The van der Waals surface area contributed by atoms with Crippen molar-refractivity contribution < 1.29 is 28.6 Å². The van der Waals surface area contributed by atoms with Crippen LogP contribution in [0.25, 0.3) is 0 Å². The molecule has 0 fully saturated rings. The highest BCUT2D eigenvalue weighted by Crippen LogP contribution is 2.15. The molecule has 0 bridgehead atoms. The van der Waals surface area contributed by atoms with Crippen LogP contribution in [0.5, 0.6) is 0 Å². The van der Waals surface area contributed by atoms with Crippen LogP contribution in [0.3, 0.4) is 0 Å². The fourth-order valence-corrected chi connectivity index (χ4v) is 7.31. The summed E-state index contributed by atoms with van der Waals surface area (Å²) in [7, 11) is 0. The Bertz CT molecular complexity index is 1130. The molecule has 0 heterocycles. The molecule has 0 amide bonds. The number of hydrogen-bond acceptors (Lipinski definition) is 6. The van der Waals surface area contributed by atoms with Gasteiger partial charge >= 0.3 is 17.9 Å². The van der Waals surface area contributed by atoms with Crippen molar-refractivity contribution in [3.63, 3.8) is 0 Å². The van der Waals surface area contributed by atoms with Crippen molar-refractivity contribution in [3.05, 3.63) is 60.8 Å². The van der Waals surface area contributed by atoms with E-state index >= 15 is 0 Å². The number of ether oxygens (including phenoxy) is 3. The molecule has 0 saturated heterocycles. The van der Waals surface area contributed by atoms with E-state index in [0.29, 0.717) is 19.3 Å². The highest BCUT2D eigenvalue weighted by molar-refractivity contribution is 5.71. The van der Waals surface area contributed by atoms with Crippen LogP contribution in [-0.4, -0.2) is 37.2 Å². The number of allylic oxidation sites excluding steroid dienone is 10. The van der Waals surface area contributed by atoms with Gasteiger partial charge in [-0.3, -0.25) is 14.4 Å². The van der Waals surface area contributed by atoms with Crippen molar-refractivity contribution in [2.24, 2.45) is 0 Å². The summed E-state index contributed by atoms with van der Waals surface area (Å²) in [5, 5.41) is 0. The first-order valence-electron chi connectivity index (χ1n) is 26.3. The van der Waals surface area contributed by atoms with E-state index in [4.69, 9.17) is 14.2 Å². The van der Waals surface area contributed by atoms with Crippen molar-refractivity contribution in [2.75, 3.05) is 13.2 Å². The summed E-state index contributed by atoms with van der Waals surface area (Å²) in [5.41, 5.74) is 0. The van der Waals surface area contributed by atoms with E-state index in [1.807, 2.05) is 0 Å². The number of rotatable bonds is 47. The van der Waals surface area contributed by atoms with Crippen LogP contribution in [-0.2, 0) is 28.6 Å². The Labute approximate surface area is 383 Å². The number of carbonyl (C=O) groups excluding carboxylic acids is 3. The molecule has 62 heavy (non-hydrogen) atoms. The van der Waals surface area contributed by atoms with Crippen LogP contribution >= 0.6 is 0 Å². The third kappa shape index (κ3) is 48.1. The lowest BCUT2D eigenvalue weighted by Crippen LogP contribution is -2.30. The summed E-state index contributed by atoms with van der Waals surface area (Å²) < 4.78 is 16.7. The van der Waals surface area contributed by atoms with Crippen LogP contribution in [0.15, 0.2) is 60.8 Å².